The van der Waals surface area contributed by atoms with Gasteiger partial charge in [0.05, 0.1) is 4.92 Å². The molecule has 1 aliphatic rings. The first-order valence-electron chi connectivity index (χ1n) is 6.31. The fourth-order valence-electron chi connectivity index (χ4n) is 2.17. The maximum absolute atomic E-state index is 10.5. The Morgan fingerprint density at radius 1 is 1.44 bits per heavy atom. The number of aromatic nitrogens is 1. The minimum Gasteiger partial charge on any atom is -0.370 e. The van der Waals surface area contributed by atoms with Crippen LogP contribution in [-0.4, -0.2) is 29.5 Å². The number of nitro groups is 1. The van der Waals surface area contributed by atoms with E-state index in [0.717, 1.165) is 32.0 Å². The quantitative estimate of drug-likeness (QED) is 0.615. The molecule has 1 aliphatic heterocycles. The molecule has 1 fully saturated rings. The first kappa shape index (κ1) is 12.8. The van der Waals surface area contributed by atoms with Gasteiger partial charge in [-0.05, 0) is 44.3 Å². The molecule has 1 saturated heterocycles. The Hall–Kier alpha value is -1.69. The SMILES string of the molecule is O=[N+]([O-])c1ccc(NCCC2CCNCC2)nc1. The van der Waals surface area contributed by atoms with Crippen molar-refractivity contribution in [2.45, 2.75) is 19.3 Å². The second-order valence-electron chi connectivity index (χ2n) is 4.57. The number of nitrogens with one attached hydrogen (secondary N) is 2. The summed E-state index contributed by atoms with van der Waals surface area (Å²) in [6.45, 7) is 3.09. The van der Waals surface area contributed by atoms with E-state index in [-0.39, 0.29) is 5.69 Å². The highest BCUT2D eigenvalue weighted by Gasteiger charge is 2.12. The molecule has 2 N–H and O–H groups in total. The number of hydrogen-bond acceptors (Lipinski definition) is 5. The molecule has 0 atom stereocenters. The molecule has 18 heavy (non-hydrogen) atoms. The number of piperidine rings is 1. The molecule has 98 valence electrons. The third-order valence-corrected chi connectivity index (χ3v) is 3.28. The van der Waals surface area contributed by atoms with Crippen LogP contribution in [-0.2, 0) is 0 Å². The molecule has 2 rings (SSSR count). The first-order chi connectivity index (χ1) is 8.75. The van der Waals surface area contributed by atoms with E-state index >= 15 is 0 Å². The normalized spacial score (nSPS) is 16.4. The van der Waals surface area contributed by atoms with Gasteiger partial charge in [0.1, 0.15) is 12.0 Å². The molecule has 0 bridgehead atoms. The molecule has 0 unspecified atom stereocenters. The molecule has 2 heterocycles. The van der Waals surface area contributed by atoms with Gasteiger partial charge in [-0.1, -0.05) is 0 Å². The average Bonchev–Trinajstić information content (AvgIpc) is 2.40. The molecule has 0 spiro atoms. The van der Waals surface area contributed by atoms with Crippen LogP contribution in [0.15, 0.2) is 18.3 Å². The molecule has 0 aromatic carbocycles. The minimum absolute atomic E-state index is 0.0268. The molecule has 6 nitrogen and oxygen atoms in total. The van der Waals surface area contributed by atoms with Gasteiger partial charge in [0.25, 0.3) is 5.69 Å². The Morgan fingerprint density at radius 2 is 2.22 bits per heavy atom. The van der Waals surface area contributed by atoms with Gasteiger partial charge >= 0.3 is 0 Å². The van der Waals surface area contributed by atoms with E-state index in [1.165, 1.54) is 25.1 Å². The zero-order valence-corrected chi connectivity index (χ0v) is 10.3. The summed E-state index contributed by atoms with van der Waals surface area (Å²) in [5.41, 5.74) is 0.0268. The maximum Gasteiger partial charge on any atom is 0.287 e. The fraction of sp³-hybridized carbons (Fsp3) is 0.583. The maximum atomic E-state index is 10.5. The van der Waals surface area contributed by atoms with Crippen LogP contribution < -0.4 is 10.6 Å². The van der Waals surface area contributed by atoms with E-state index in [9.17, 15) is 10.1 Å². The number of nitrogens with zero attached hydrogens (tertiary/aromatic N) is 2. The van der Waals surface area contributed by atoms with E-state index in [1.807, 2.05) is 0 Å². The highest BCUT2D eigenvalue weighted by atomic mass is 16.6. The highest BCUT2D eigenvalue weighted by molar-refractivity contribution is 5.39. The van der Waals surface area contributed by atoms with Gasteiger partial charge in [0.2, 0.25) is 0 Å². The van der Waals surface area contributed by atoms with Crippen LogP contribution in [0.2, 0.25) is 0 Å². The zero-order valence-electron chi connectivity index (χ0n) is 10.3. The van der Waals surface area contributed by atoms with Crippen molar-refractivity contribution in [2.24, 2.45) is 5.92 Å². The Morgan fingerprint density at radius 3 is 2.83 bits per heavy atom. The van der Waals surface area contributed by atoms with E-state index in [1.54, 1.807) is 6.07 Å². The smallest absolute Gasteiger partial charge is 0.287 e. The lowest BCUT2D eigenvalue weighted by molar-refractivity contribution is -0.385. The lowest BCUT2D eigenvalue weighted by Gasteiger charge is -2.22. The van der Waals surface area contributed by atoms with Crippen LogP contribution in [0.25, 0.3) is 0 Å². The molecular formula is C12H18N4O2. The van der Waals surface area contributed by atoms with Crippen molar-refractivity contribution in [1.29, 1.82) is 0 Å². The second kappa shape index (κ2) is 6.30. The summed E-state index contributed by atoms with van der Waals surface area (Å²) in [7, 11) is 0. The lowest BCUT2D eigenvalue weighted by Crippen LogP contribution is -2.28. The van der Waals surface area contributed by atoms with Crippen LogP contribution in [0.5, 0.6) is 0 Å². The summed E-state index contributed by atoms with van der Waals surface area (Å²) in [4.78, 5) is 14.1. The number of pyridine rings is 1. The van der Waals surface area contributed by atoms with Crippen molar-refractivity contribution in [2.75, 3.05) is 25.0 Å². The molecule has 1 aromatic rings. The predicted molar refractivity (Wildman–Crippen MR) is 69.6 cm³/mol. The van der Waals surface area contributed by atoms with Crippen molar-refractivity contribution in [3.05, 3.63) is 28.4 Å². The number of hydrogen-bond donors (Lipinski definition) is 2. The van der Waals surface area contributed by atoms with Gasteiger partial charge in [-0.2, -0.15) is 0 Å². The van der Waals surface area contributed by atoms with Crippen LogP contribution in [0.3, 0.4) is 0 Å². The third-order valence-electron chi connectivity index (χ3n) is 3.28. The highest BCUT2D eigenvalue weighted by Crippen LogP contribution is 2.16. The largest absolute Gasteiger partial charge is 0.370 e. The summed E-state index contributed by atoms with van der Waals surface area (Å²) < 4.78 is 0. The monoisotopic (exact) mass is 250 g/mol. The topological polar surface area (TPSA) is 80.1 Å². The molecule has 0 amide bonds. The van der Waals surface area contributed by atoms with Crippen LogP contribution in [0.1, 0.15) is 19.3 Å². The van der Waals surface area contributed by atoms with Gasteiger partial charge < -0.3 is 10.6 Å². The van der Waals surface area contributed by atoms with Gasteiger partial charge in [-0.3, -0.25) is 10.1 Å². The van der Waals surface area contributed by atoms with Crippen LogP contribution in [0.4, 0.5) is 11.5 Å². The summed E-state index contributed by atoms with van der Waals surface area (Å²) in [5.74, 6) is 1.48. The molecule has 1 aromatic heterocycles. The van der Waals surface area contributed by atoms with Gasteiger partial charge in [0.15, 0.2) is 0 Å². The van der Waals surface area contributed by atoms with Gasteiger partial charge in [-0.15, -0.1) is 0 Å². The Bertz CT molecular complexity index is 388. The molecule has 0 radical (unpaired) electrons. The average molecular weight is 250 g/mol. The fourth-order valence-corrected chi connectivity index (χ4v) is 2.17. The molecule has 0 aliphatic carbocycles. The summed E-state index contributed by atoms with van der Waals surface area (Å²) in [5, 5.41) is 17.0. The number of anilines is 1. The summed E-state index contributed by atoms with van der Waals surface area (Å²) in [6.07, 6.45) is 4.87. The van der Waals surface area contributed by atoms with Crippen molar-refractivity contribution in [3.63, 3.8) is 0 Å². The molecule has 0 saturated carbocycles. The van der Waals surface area contributed by atoms with E-state index < -0.39 is 4.92 Å². The second-order valence-corrected chi connectivity index (χ2v) is 4.57. The van der Waals surface area contributed by atoms with Crippen LogP contribution in [0, 0.1) is 16.0 Å². The van der Waals surface area contributed by atoms with Gasteiger partial charge in [-0.25, -0.2) is 4.98 Å². The van der Waals surface area contributed by atoms with Gasteiger partial charge in [0, 0.05) is 12.6 Å². The minimum atomic E-state index is -0.439. The first-order valence-corrected chi connectivity index (χ1v) is 6.31. The Labute approximate surface area is 106 Å². The molecular weight excluding hydrogens is 232 g/mol. The van der Waals surface area contributed by atoms with Crippen molar-refractivity contribution in [1.82, 2.24) is 10.3 Å². The predicted octanol–water partition coefficient (Wildman–Crippen LogP) is 1.79. The van der Waals surface area contributed by atoms with Crippen molar-refractivity contribution < 1.29 is 4.92 Å². The molecule has 6 heteroatoms. The van der Waals surface area contributed by atoms with Crippen molar-refractivity contribution in [3.8, 4) is 0 Å². The number of rotatable bonds is 5. The van der Waals surface area contributed by atoms with Crippen molar-refractivity contribution >= 4 is 11.5 Å². The van der Waals surface area contributed by atoms with E-state index in [4.69, 9.17) is 0 Å². The van der Waals surface area contributed by atoms with E-state index in [2.05, 4.69) is 15.6 Å². The summed E-state index contributed by atoms with van der Waals surface area (Å²) in [6, 6.07) is 3.13. The Balaban J connectivity index is 1.74. The Kier molecular flexibility index (Phi) is 4.46. The zero-order chi connectivity index (χ0) is 12.8. The standard InChI is InChI=1S/C12H18N4O2/c17-16(18)11-1-2-12(15-9-11)14-8-5-10-3-6-13-7-4-10/h1-2,9-10,13H,3-8H2,(H,14,15). The summed E-state index contributed by atoms with van der Waals surface area (Å²) >= 11 is 0. The lowest BCUT2D eigenvalue weighted by atomic mass is 9.95. The van der Waals surface area contributed by atoms with E-state index in [0.29, 0.717) is 5.82 Å². The van der Waals surface area contributed by atoms with Crippen LogP contribution >= 0.6 is 0 Å². The third kappa shape index (κ3) is 3.66.